The largest absolute Gasteiger partial charge is 0.465 e. The van der Waals surface area contributed by atoms with Crippen LogP contribution in [0.4, 0.5) is 5.69 Å². The van der Waals surface area contributed by atoms with Gasteiger partial charge in [0.25, 0.3) is 5.91 Å². The van der Waals surface area contributed by atoms with Crippen LogP contribution in [0.3, 0.4) is 0 Å². The molecule has 1 heterocycles. The Morgan fingerprint density at radius 3 is 2.00 bits per heavy atom. The molecule has 112 valence electrons. The molecule has 0 saturated heterocycles. The smallest absolute Gasteiger partial charge is 0.337 e. The van der Waals surface area contributed by atoms with Crippen LogP contribution in [0, 0.1) is 0 Å². The van der Waals surface area contributed by atoms with Crippen LogP contribution in [0.15, 0.2) is 48.8 Å². The fourth-order valence-electron chi connectivity index (χ4n) is 1.51. The number of hydrogen-bond acceptors (Lipinski definition) is 4. The summed E-state index contributed by atoms with van der Waals surface area (Å²) in [6.07, 6.45) is 3.19. The maximum Gasteiger partial charge on any atom is 0.337 e. The first-order chi connectivity index (χ1) is 9.20. The van der Waals surface area contributed by atoms with Gasteiger partial charge in [-0.05, 0) is 36.4 Å². The van der Waals surface area contributed by atoms with Crippen molar-refractivity contribution >= 4 is 17.6 Å². The van der Waals surface area contributed by atoms with Gasteiger partial charge in [-0.3, -0.25) is 9.78 Å². The number of carbonyl (C=O) groups is 2. The van der Waals surface area contributed by atoms with Gasteiger partial charge in [-0.1, -0.05) is 0 Å². The summed E-state index contributed by atoms with van der Waals surface area (Å²) in [6.45, 7) is 0. The molecular weight excluding hydrogens is 276 g/mol. The van der Waals surface area contributed by atoms with Crippen LogP contribution in [-0.2, 0) is 4.74 Å². The van der Waals surface area contributed by atoms with Gasteiger partial charge in [-0.25, -0.2) is 4.79 Å². The van der Waals surface area contributed by atoms with Crippen molar-refractivity contribution < 1.29 is 25.3 Å². The predicted molar refractivity (Wildman–Crippen MR) is 77.2 cm³/mol. The van der Waals surface area contributed by atoms with Crippen molar-refractivity contribution in [3.63, 3.8) is 0 Å². The zero-order valence-electron chi connectivity index (χ0n) is 11.3. The molecule has 7 heteroatoms. The van der Waals surface area contributed by atoms with Crippen LogP contribution in [-0.4, -0.2) is 34.9 Å². The van der Waals surface area contributed by atoms with E-state index >= 15 is 0 Å². The van der Waals surface area contributed by atoms with E-state index in [1.807, 2.05) is 0 Å². The molecule has 0 fully saturated rings. The summed E-state index contributed by atoms with van der Waals surface area (Å²) >= 11 is 0. The van der Waals surface area contributed by atoms with Crippen LogP contribution in [0.2, 0.25) is 0 Å². The molecule has 0 saturated carbocycles. The van der Waals surface area contributed by atoms with Crippen molar-refractivity contribution in [3.05, 3.63) is 59.9 Å². The van der Waals surface area contributed by atoms with Gasteiger partial charge in [0.2, 0.25) is 0 Å². The molecular formula is C14H16N2O5. The molecule has 0 bridgehead atoms. The highest BCUT2D eigenvalue weighted by Gasteiger charge is 2.08. The number of aromatic nitrogens is 1. The Morgan fingerprint density at radius 1 is 0.952 bits per heavy atom. The number of pyridine rings is 1. The number of amides is 1. The third kappa shape index (κ3) is 4.68. The Bertz CT molecular complexity index is 584. The molecule has 0 aliphatic carbocycles. The third-order valence-electron chi connectivity index (χ3n) is 2.51. The maximum atomic E-state index is 11.9. The van der Waals surface area contributed by atoms with Gasteiger partial charge in [0.05, 0.1) is 12.7 Å². The second-order valence-corrected chi connectivity index (χ2v) is 3.76. The van der Waals surface area contributed by atoms with Gasteiger partial charge in [-0.15, -0.1) is 0 Å². The van der Waals surface area contributed by atoms with E-state index in [-0.39, 0.29) is 16.9 Å². The Hall–Kier alpha value is -2.77. The quantitative estimate of drug-likeness (QED) is 0.823. The molecule has 1 aromatic heterocycles. The Labute approximate surface area is 121 Å². The highest BCUT2D eigenvalue weighted by molar-refractivity contribution is 6.04. The van der Waals surface area contributed by atoms with Crippen LogP contribution < -0.4 is 5.32 Å². The van der Waals surface area contributed by atoms with E-state index in [1.165, 1.54) is 7.11 Å². The molecule has 0 spiro atoms. The highest BCUT2D eigenvalue weighted by atomic mass is 16.5. The van der Waals surface area contributed by atoms with Crippen LogP contribution in [0.1, 0.15) is 20.7 Å². The van der Waals surface area contributed by atoms with E-state index in [4.69, 9.17) is 0 Å². The minimum atomic E-state index is -0.430. The first-order valence-corrected chi connectivity index (χ1v) is 5.60. The number of nitrogens with zero attached hydrogens (tertiary/aromatic N) is 1. The summed E-state index contributed by atoms with van der Waals surface area (Å²) < 4.78 is 4.59. The lowest BCUT2D eigenvalue weighted by molar-refractivity contribution is 0.0600. The molecule has 0 aliphatic heterocycles. The average molecular weight is 292 g/mol. The second-order valence-electron chi connectivity index (χ2n) is 3.76. The molecule has 2 rings (SSSR count). The SMILES string of the molecule is COC(=O)c1ccc(C(=O)Nc2ccncc2)cc1.O.O. The van der Waals surface area contributed by atoms with Crippen molar-refractivity contribution in [3.8, 4) is 0 Å². The van der Waals surface area contributed by atoms with Crippen LogP contribution in [0.5, 0.6) is 0 Å². The molecule has 0 atom stereocenters. The van der Waals surface area contributed by atoms with Crippen molar-refractivity contribution in [2.45, 2.75) is 0 Å². The lowest BCUT2D eigenvalue weighted by Crippen LogP contribution is -2.12. The normalized spacial score (nSPS) is 8.81. The maximum absolute atomic E-state index is 11.9. The van der Waals surface area contributed by atoms with Gasteiger partial charge in [0, 0.05) is 23.6 Å². The number of methoxy groups -OCH3 is 1. The van der Waals surface area contributed by atoms with E-state index in [0.717, 1.165) is 0 Å². The number of ether oxygens (including phenoxy) is 1. The number of benzene rings is 1. The molecule has 21 heavy (non-hydrogen) atoms. The minimum absolute atomic E-state index is 0. The number of carbonyl (C=O) groups excluding carboxylic acids is 2. The Balaban J connectivity index is 0.00000200. The monoisotopic (exact) mass is 292 g/mol. The summed E-state index contributed by atoms with van der Waals surface area (Å²) in [5.74, 6) is -0.677. The van der Waals surface area contributed by atoms with Gasteiger partial charge in [0.15, 0.2) is 0 Å². The summed E-state index contributed by atoms with van der Waals surface area (Å²) in [5, 5.41) is 2.73. The van der Waals surface area contributed by atoms with Gasteiger partial charge < -0.3 is 21.0 Å². The molecule has 1 amide bonds. The lowest BCUT2D eigenvalue weighted by atomic mass is 10.1. The molecule has 0 radical (unpaired) electrons. The van der Waals surface area contributed by atoms with E-state index in [2.05, 4.69) is 15.0 Å². The zero-order chi connectivity index (χ0) is 13.7. The molecule has 2 aromatic rings. The van der Waals surface area contributed by atoms with Crippen LogP contribution in [0.25, 0.3) is 0 Å². The Kier molecular flexibility index (Phi) is 7.30. The summed E-state index contributed by atoms with van der Waals surface area (Å²) in [4.78, 5) is 27.0. The summed E-state index contributed by atoms with van der Waals surface area (Å²) in [7, 11) is 1.31. The van der Waals surface area contributed by atoms with E-state index in [1.54, 1.807) is 48.8 Å². The highest BCUT2D eigenvalue weighted by Crippen LogP contribution is 2.09. The number of anilines is 1. The Morgan fingerprint density at radius 2 is 1.48 bits per heavy atom. The average Bonchev–Trinajstić information content (AvgIpc) is 2.47. The number of esters is 1. The molecule has 1 aromatic carbocycles. The van der Waals surface area contributed by atoms with Crippen molar-refractivity contribution in [1.82, 2.24) is 4.98 Å². The number of rotatable bonds is 3. The van der Waals surface area contributed by atoms with Gasteiger partial charge in [-0.2, -0.15) is 0 Å². The lowest BCUT2D eigenvalue weighted by Gasteiger charge is -2.05. The van der Waals surface area contributed by atoms with Gasteiger partial charge in [0.1, 0.15) is 0 Å². The summed E-state index contributed by atoms with van der Waals surface area (Å²) in [5.41, 5.74) is 1.53. The fraction of sp³-hybridized carbons (Fsp3) is 0.0714. The van der Waals surface area contributed by atoms with Crippen molar-refractivity contribution in [2.24, 2.45) is 0 Å². The first kappa shape index (κ1) is 18.2. The van der Waals surface area contributed by atoms with Gasteiger partial charge >= 0.3 is 5.97 Å². The van der Waals surface area contributed by atoms with E-state index < -0.39 is 5.97 Å². The number of hydrogen-bond donors (Lipinski definition) is 1. The second kappa shape index (κ2) is 8.41. The van der Waals surface area contributed by atoms with Crippen LogP contribution >= 0.6 is 0 Å². The van der Waals surface area contributed by atoms with Crippen molar-refractivity contribution in [1.29, 1.82) is 0 Å². The minimum Gasteiger partial charge on any atom is -0.465 e. The molecule has 0 aliphatic rings. The predicted octanol–water partition coefficient (Wildman–Crippen LogP) is 0.471. The molecule has 0 unspecified atom stereocenters. The first-order valence-electron chi connectivity index (χ1n) is 5.60. The summed E-state index contributed by atoms with van der Waals surface area (Å²) in [6, 6.07) is 9.63. The number of nitrogens with one attached hydrogen (secondary N) is 1. The molecule has 5 N–H and O–H groups in total. The third-order valence-corrected chi connectivity index (χ3v) is 2.51. The van der Waals surface area contributed by atoms with E-state index in [0.29, 0.717) is 16.8 Å². The zero-order valence-corrected chi connectivity index (χ0v) is 11.3. The standard InChI is InChI=1S/C14H12N2O3.2H2O/c1-19-14(18)11-4-2-10(3-5-11)13(17)16-12-6-8-15-9-7-12;;/h2-9H,1H3,(H,15,16,17);2*1H2. The molecule has 7 nitrogen and oxygen atoms in total. The fourth-order valence-corrected chi connectivity index (χ4v) is 1.51. The topological polar surface area (TPSA) is 131 Å². The van der Waals surface area contributed by atoms with Crippen molar-refractivity contribution in [2.75, 3.05) is 12.4 Å². The van der Waals surface area contributed by atoms with E-state index in [9.17, 15) is 9.59 Å².